The lowest BCUT2D eigenvalue weighted by atomic mass is 9.50. The highest BCUT2D eigenvalue weighted by Crippen LogP contribution is 2.59. The van der Waals surface area contributed by atoms with E-state index in [4.69, 9.17) is 28.9 Å². The molecule has 0 heterocycles. The van der Waals surface area contributed by atoms with Crippen LogP contribution in [0.15, 0.2) is 18.2 Å². The fraction of sp³-hybridized carbons (Fsp3) is 0.647. The van der Waals surface area contributed by atoms with Gasteiger partial charge in [0.1, 0.15) is 0 Å². The van der Waals surface area contributed by atoms with Gasteiger partial charge in [0.25, 0.3) is 0 Å². The average Bonchev–Trinajstić information content (AvgIpc) is 2.40. The summed E-state index contributed by atoms with van der Waals surface area (Å²) in [4.78, 5) is 0. The first kappa shape index (κ1) is 13.4. The van der Waals surface area contributed by atoms with Crippen molar-refractivity contribution in [3.05, 3.63) is 33.8 Å². The van der Waals surface area contributed by atoms with Crippen LogP contribution in [-0.4, -0.2) is 0 Å². The molecule has 4 bridgehead atoms. The Balaban J connectivity index is 1.65. The Hall–Kier alpha value is -0.240. The minimum absolute atomic E-state index is 0.0520. The maximum Gasteiger partial charge on any atom is 0.0454 e. The Morgan fingerprint density at radius 2 is 1.55 bits per heavy atom. The number of halogens is 2. The van der Waals surface area contributed by atoms with E-state index in [1.54, 1.807) is 0 Å². The van der Waals surface area contributed by atoms with E-state index in [0.29, 0.717) is 5.92 Å². The first-order valence-electron chi connectivity index (χ1n) is 7.82. The Bertz CT molecular complexity index is 500. The topological polar surface area (TPSA) is 26.0 Å². The largest absolute Gasteiger partial charge is 0.324 e. The van der Waals surface area contributed by atoms with Gasteiger partial charge >= 0.3 is 0 Å². The zero-order valence-corrected chi connectivity index (χ0v) is 13.1. The van der Waals surface area contributed by atoms with Crippen molar-refractivity contribution < 1.29 is 0 Å². The van der Waals surface area contributed by atoms with Crippen molar-refractivity contribution in [2.75, 3.05) is 0 Å². The van der Waals surface area contributed by atoms with Crippen LogP contribution in [0.25, 0.3) is 0 Å². The second kappa shape index (κ2) is 4.90. The van der Waals surface area contributed by atoms with E-state index < -0.39 is 0 Å². The molecule has 4 aliphatic rings. The van der Waals surface area contributed by atoms with Crippen molar-refractivity contribution in [2.24, 2.45) is 35.3 Å². The van der Waals surface area contributed by atoms with Gasteiger partial charge in [0.2, 0.25) is 0 Å². The van der Waals surface area contributed by atoms with Gasteiger partial charge in [-0.2, -0.15) is 0 Å². The molecule has 0 aliphatic heterocycles. The summed E-state index contributed by atoms with van der Waals surface area (Å²) in [6.07, 6.45) is 7.05. The molecule has 0 saturated heterocycles. The van der Waals surface area contributed by atoms with E-state index >= 15 is 0 Å². The summed E-state index contributed by atoms with van der Waals surface area (Å²) < 4.78 is 0. The van der Waals surface area contributed by atoms with Crippen molar-refractivity contribution in [3.8, 4) is 0 Å². The number of rotatable bonds is 2. The molecule has 2 N–H and O–H groups in total. The monoisotopic (exact) mass is 309 g/mol. The molecule has 1 atom stereocenters. The SMILES string of the molecule is NC(c1cc(Cl)ccc1Cl)C1C2CC3CC(C2)CC1C3. The Labute approximate surface area is 130 Å². The van der Waals surface area contributed by atoms with E-state index in [2.05, 4.69) is 0 Å². The van der Waals surface area contributed by atoms with E-state index in [0.717, 1.165) is 39.3 Å². The van der Waals surface area contributed by atoms with Gasteiger partial charge in [0, 0.05) is 16.1 Å². The standard InChI is InChI=1S/C17H21Cl2N/c18-13-1-2-15(19)14(8-13)17(20)16-11-4-9-3-10(6-11)7-12(16)5-9/h1-2,8-12,16-17H,3-7,20H2. The normalized spacial score (nSPS) is 40.0. The van der Waals surface area contributed by atoms with Gasteiger partial charge in [-0.3, -0.25) is 0 Å². The smallest absolute Gasteiger partial charge is 0.0454 e. The molecule has 0 amide bonds. The van der Waals surface area contributed by atoms with Gasteiger partial charge in [-0.1, -0.05) is 23.2 Å². The Morgan fingerprint density at radius 3 is 2.15 bits per heavy atom. The number of benzene rings is 1. The van der Waals surface area contributed by atoms with Crippen LogP contribution in [0.2, 0.25) is 10.0 Å². The zero-order chi connectivity index (χ0) is 13.9. The lowest BCUT2D eigenvalue weighted by Gasteiger charge is -2.56. The molecule has 4 saturated carbocycles. The third-order valence-electron chi connectivity index (χ3n) is 6.03. The molecule has 1 aromatic rings. The summed E-state index contributed by atoms with van der Waals surface area (Å²) in [6.45, 7) is 0. The van der Waals surface area contributed by atoms with Crippen molar-refractivity contribution in [3.63, 3.8) is 0 Å². The van der Waals surface area contributed by atoms with Crippen LogP contribution in [0.3, 0.4) is 0 Å². The molecule has 4 fully saturated rings. The molecule has 1 unspecified atom stereocenters. The lowest BCUT2D eigenvalue weighted by Crippen LogP contribution is -2.48. The van der Waals surface area contributed by atoms with E-state index in [-0.39, 0.29) is 6.04 Å². The van der Waals surface area contributed by atoms with Gasteiger partial charge in [0.15, 0.2) is 0 Å². The predicted molar refractivity (Wildman–Crippen MR) is 83.9 cm³/mol. The van der Waals surface area contributed by atoms with Crippen LogP contribution in [-0.2, 0) is 0 Å². The minimum Gasteiger partial charge on any atom is -0.324 e. The molecule has 1 aromatic carbocycles. The molecular formula is C17H21Cl2N. The summed E-state index contributed by atoms with van der Waals surface area (Å²) in [5.74, 6) is 4.21. The van der Waals surface area contributed by atoms with Crippen LogP contribution in [0.5, 0.6) is 0 Å². The summed E-state index contributed by atoms with van der Waals surface area (Å²) in [5.41, 5.74) is 7.70. The second-order valence-corrected chi connectivity index (χ2v) is 8.04. The maximum absolute atomic E-state index is 6.65. The van der Waals surface area contributed by atoms with Gasteiger partial charge < -0.3 is 5.73 Å². The fourth-order valence-corrected chi connectivity index (χ4v) is 5.96. The summed E-state index contributed by atoms with van der Waals surface area (Å²) in [6, 6.07) is 5.75. The molecule has 0 aromatic heterocycles. The molecule has 0 radical (unpaired) electrons. The number of hydrogen-bond acceptors (Lipinski definition) is 1. The van der Waals surface area contributed by atoms with Crippen LogP contribution < -0.4 is 5.73 Å². The third kappa shape index (κ3) is 2.10. The first-order chi connectivity index (χ1) is 9.61. The predicted octanol–water partition coefficient (Wildman–Crippen LogP) is 5.07. The highest BCUT2D eigenvalue weighted by molar-refractivity contribution is 6.33. The molecular weight excluding hydrogens is 289 g/mol. The second-order valence-electron chi connectivity index (χ2n) is 7.20. The van der Waals surface area contributed by atoms with Crippen molar-refractivity contribution in [2.45, 2.75) is 38.1 Å². The van der Waals surface area contributed by atoms with Crippen LogP contribution in [0.1, 0.15) is 43.7 Å². The lowest BCUT2D eigenvalue weighted by molar-refractivity contribution is -0.0471. The molecule has 108 valence electrons. The molecule has 3 heteroatoms. The molecule has 0 spiro atoms. The van der Waals surface area contributed by atoms with Crippen molar-refractivity contribution in [1.29, 1.82) is 0 Å². The van der Waals surface area contributed by atoms with E-state index in [1.165, 1.54) is 32.1 Å². The quantitative estimate of drug-likeness (QED) is 0.811. The zero-order valence-electron chi connectivity index (χ0n) is 11.6. The van der Waals surface area contributed by atoms with Crippen molar-refractivity contribution in [1.82, 2.24) is 0 Å². The first-order valence-corrected chi connectivity index (χ1v) is 8.58. The molecule has 5 rings (SSSR count). The number of nitrogens with two attached hydrogens (primary N) is 1. The minimum atomic E-state index is 0.0520. The summed E-state index contributed by atoms with van der Waals surface area (Å²) in [7, 11) is 0. The van der Waals surface area contributed by atoms with Gasteiger partial charge in [-0.05, 0) is 85.5 Å². The maximum atomic E-state index is 6.65. The van der Waals surface area contributed by atoms with Crippen LogP contribution in [0, 0.1) is 29.6 Å². The fourth-order valence-electron chi connectivity index (χ4n) is 5.53. The van der Waals surface area contributed by atoms with Gasteiger partial charge in [-0.15, -0.1) is 0 Å². The summed E-state index contributed by atoms with van der Waals surface area (Å²) >= 11 is 12.5. The average molecular weight is 310 g/mol. The molecule has 1 nitrogen and oxygen atoms in total. The van der Waals surface area contributed by atoms with E-state index in [9.17, 15) is 0 Å². The summed E-state index contributed by atoms with van der Waals surface area (Å²) in [5, 5.41) is 1.51. The highest BCUT2D eigenvalue weighted by Gasteiger charge is 2.50. The third-order valence-corrected chi connectivity index (χ3v) is 6.61. The Kier molecular flexibility index (Phi) is 3.29. The number of hydrogen-bond donors (Lipinski definition) is 1. The van der Waals surface area contributed by atoms with Crippen LogP contribution in [0.4, 0.5) is 0 Å². The van der Waals surface area contributed by atoms with Gasteiger partial charge in [0.05, 0.1) is 0 Å². The van der Waals surface area contributed by atoms with Crippen molar-refractivity contribution >= 4 is 23.2 Å². The molecule has 4 aliphatic carbocycles. The van der Waals surface area contributed by atoms with Gasteiger partial charge in [-0.25, -0.2) is 0 Å². The molecule has 20 heavy (non-hydrogen) atoms. The Morgan fingerprint density at radius 1 is 0.950 bits per heavy atom. The highest BCUT2D eigenvalue weighted by atomic mass is 35.5. The van der Waals surface area contributed by atoms with E-state index in [1.807, 2.05) is 18.2 Å². The van der Waals surface area contributed by atoms with Crippen LogP contribution >= 0.6 is 23.2 Å².